The Morgan fingerprint density at radius 3 is 2.59 bits per heavy atom. The lowest BCUT2D eigenvalue weighted by atomic mass is 9.94. The van der Waals surface area contributed by atoms with E-state index in [-0.39, 0.29) is 18.0 Å². The third-order valence-electron chi connectivity index (χ3n) is 3.01. The number of anilines is 1. The van der Waals surface area contributed by atoms with Gasteiger partial charge in [0.05, 0.1) is 12.7 Å². The third kappa shape index (κ3) is 4.30. The van der Waals surface area contributed by atoms with Crippen LogP contribution < -0.4 is 10.6 Å². The van der Waals surface area contributed by atoms with Crippen molar-refractivity contribution in [1.29, 1.82) is 0 Å². The lowest BCUT2D eigenvalue weighted by molar-refractivity contribution is 0.250. The molecule has 2 aromatic heterocycles. The number of hydrogen-bond acceptors (Lipinski definition) is 5. The summed E-state index contributed by atoms with van der Waals surface area (Å²) in [6.45, 7) is 10.6. The number of carbonyl (C=O) groups excluding carboxylic acids is 1. The van der Waals surface area contributed by atoms with Crippen LogP contribution in [0.15, 0.2) is 16.8 Å². The molecule has 2 heterocycles. The van der Waals surface area contributed by atoms with Crippen molar-refractivity contribution in [3.63, 3.8) is 0 Å². The predicted octanol–water partition coefficient (Wildman–Crippen LogP) is 3.87. The number of oxazole rings is 1. The van der Waals surface area contributed by atoms with Crippen LogP contribution in [-0.2, 0) is 12.0 Å². The zero-order valence-corrected chi connectivity index (χ0v) is 14.4. The highest BCUT2D eigenvalue weighted by Crippen LogP contribution is 2.25. The minimum Gasteiger partial charge on any atom is -0.443 e. The number of nitrogens with zero attached hydrogens (tertiary/aromatic N) is 2. The van der Waals surface area contributed by atoms with E-state index in [1.807, 2.05) is 20.8 Å². The molecule has 0 unspecified atom stereocenters. The maximum absolute atomic E-state index is 11.8. The molecule has 0 aliphatic rings. The van der Waals surface area contributed by atoms with Crippen molar-refractivity contribution in [3.05, 3.63) is 28.9 Å². The van der Waals surface area contributed by atoms with E-state index in [4.69, 9.17) is 4.42 Å². The van der Waals surface area contributed by atoms with E-state index in [9.17, 15) is 4.79 Å². The van der Waals surface area contributed by atoms with Crippen molar-refractivity contribution >= 4 is 22.5 Å². The molecule has 0 radical (unpaired) electrons. The standard InChI is InChI=1S/C15H22N4O2S/c1-9(2)10-6-18-14(22-10)19-13(20)17-8-12-16-7-11(21-12)15(3,4)5/h6-7,9H,8H2,1-5H3,(H2,17,18,19,20). The number of aromatic nitrogens is 2. The number of amides is 2. The van der Waals surface area contributed by atoms with Gasteiger partial charge in [-0.05, 0) is 5.92 Å². The summed E-state index contributed by atoms with van der Waals surface area (Å²) >= 11 is 1.48. The molecule has 6 nitrogen and oxygen atoms in total. The largest absolute Gasteiger partial charge is 0.443 e. The third-order valence-corrected chi connectivity index (χ3v) is 4.22. The lowest BCUT2D eigenvalue weighted by Gasteiger charge is -2.13. The second-order valence-corrected chi connectivity index (χ2v) is 7.46. The average Bonchev–Trinajstić information content (AvgIpc) is 3.04. The Labute approximate surface area is 134 Å². The van der Waals surface area contributed by atoms with Crippen molar-refractivity contribution < 1.29 is 9.21 Å². The first-order valence-corrected chi connectivity index (χ1v) is 8.03. The molecular weight excluding hydrogens is 300 g/mol. The number of urea groups is 1. The Kier molecular flexibility index (Phi) is 4.85. The molecule has 2 N–H and O–H groups in total. The van der Waals surface area contributed by atoms with Crippen LogP contribution in [0.1, 0.15) is 57.1 Å². The van der Waals surface area contributed by atoms with Crippen LogP contribution in [0.4, 0.5) is 9.93 Å². The van der Waals surface area contributed by atoms with Crippen molar-refractivity contribution in [2.45, 2.75) is 52.5 Å². The maximum atomic E-state index is 11.8. The first-order chi connectivity index (χ1) is 10.3. The number of nitrogens with one attached hydrogen (secondary N) is 2. The summed E-state index contributed by atoms with van der Waals surface area (Å²) in [6, 6.07) is -0.319. The summed E-state index contributed by atoms with van der Waals surface area (Å²) in [4.78, 5) is 21.3. The zero-order valence-electron chi connectivity index (χ0n) is 13.6. The van der Waals surface area contributed by atoms with Gasteiger partial charge in [-0.3, -0.25) is 5.32 Å². The van der Waals surface area contributed by atoms with Gasteiger partial charge in [0, 0.05) is 16.5 Å². The first-order valence-electron chi connectivity index (χ1n) is 7.21. The van der Waals surface area contributed by atoms with E-state index in [1.165, 1.54) is 11.3 Å². The Balaban J connectivity index is 1.86. The first kappa shape index (κ1) is 16.5. The van der Waals surface area contributed by atoms with Crippen LogP contribution in [0.25, 0.3) is 0 Å². The molecule has 0 saturated heterocycles. The highest BCUT2D eigenvalue weighted by Gasteiger charge is 2.19. The lowest BCUT2D eigenvalue weighted by Crippen LogP contribution is -2.28. The fourth-order valence-electron chi connectivity index (χ4n) is 1.65. The van der Waals surface area contributed by atoms with E-state index in [0.29, 0.717) is 16.9 Å². The molecule has 0 aromatic carbocycles. The molecule has 0 aliphatic heterocycles. The van der Waals surface area contributed by atoms with Crippen molar-refractivity contribution in [2.24, 2.45) is 0 Å². The Bertz CT molecular complexity index is 640. The summed E-state index contributed by atoms with van der Waals surface area (Å²) in [6.07, 6.45) is 3.49. The molecule has 120 valence electrons. The van der Waals surface area contributed by atoms with Gasteiger partial charge in [0.15, 0.2) is 5.13 Å². The van der Waals surface area contributed by atoms with Crippen molar-refractivity contribution in [1.82, 2.24) is 15.3 Å². The molecule has 0 aliphatic carbocycles. The Morgan fingerprint density at radius 1 is 1.32 bits per heavy atom. The van der Waals surface area contributed by atoms with E-state index in [0.717, 1.165) is 10.6 Å². The normalized spacial score (nSPS) is 11.7. The van der Waals surface area contributed by atoms with E-state index >= 15 is 0 Å². The quantitative estimate of drug-likeness (QED) is 0.895. The molecule has 0 fully saturated rings. The molecule has 2 amide bonds. The van der Waals surface area contributed by atoms with Gasteiger partial charge >= 0.3 is 6.03 Å². The SMILES string of the molecule is CC(C)c1cnc(NC(=O)NCc2ncc(C(C)(C)C)o2)s1. The second-order valence-electron chi connectivity index (χ2n) is 6.40. The van der Waals surface area contributed by atoms with Gasteiger partial charge in [0.1, 0.15) is 5.76 Å². The Morgan fingerprint density at radius 2 is 2.05 bits per heavy atom. The van der Waals surface area contributed by atoms with Crippen molar-refractivity contribution in [2.75, 3.05) is 5.32 Å². The van der Waals surface area contributed by atoms with Gasteiger partial charge in [-0.2, -0.15) is 0 Å². The van der Waals surface area contributed by atoms with Crippen LogP contribution >= 0.6 is 11.3 Å². The van der Waals surface area contributed by atoms with Crippen molar-refractivity contribution in [3.8, 4) is 0 Å². The van der Waals surface area contributed by atoms with Gasteiger partial charge in [-0.1, -0.05) is 34.6 Å². The van der Waals surface area contributed by atoms with Gasteiger partial charge in [0.25, 0.3) is 0 Å². The molecule has 2 aromatic rings. The topological polar surface area (TPSA) is 80.0 Å². The van der Waals surface area contributed by atoms with Crippen LogP contribution in [-0.4, -0.2) is 16.0 Å². The summed E-state index contributed by atoms with van der Waals surface area (Å²) in [5.74, 6) is 1.69. The summed E-state index contributed by atoms with van der Waals surface area (Å²) < 4.78 is 5.62. The van der Waals surface area contributed by atoms with Crippen LogP contribution in [0, 0.1) is 0 Å². The fraction of sp³-hybridized carbons (Fsp3) is 0.533. The zero-order chi connectivity index (χ0) is 16.3. The van der Waals surface area contributed by atoms with Crippen LogP contribution in [0.5, 0.6) is 0 Å². The number of carbonyl (C=O) groups is 1. The molecule has 0 atom stereocenters. The van der Waals surface area contributed by atoms with E-state index in [2.05, 4.69) is 34.4 Å². The summed E-state index contributed by atoms with van der Waals surface area (Å²) in [5.41, 5.74) is -0.0956. The average molecular weight is 322 g/mol. The molecule has 0 bridgehead atoms. The van der Waals surface area contributed by atoms with Gasteiger partial charge in [-0.15, -0.1) is 11.3 Å². The summed E-state index contributed by atoms with van der Waals surface area (Å²) in [7, 11) is 0. The smallest absolute Gasteiger partial charge is 0.321 e. The highest BCUT2D eigenvalue weighted by atomic mass is 32.1. The maximum Gasteiger partial charge on any atom is 0.321 e. The molecule has 0 spiro atoms. The molecule has 2 rings (SSSR count). The summed E-state index contributed by atoms with van der Waals surface area (Å²) in [5, 5.41) is 6.01. The van der Waals surface area contributed by atoms with E-state index in [1.54, 1.807) is 12.4 Å². The monoisotopic (exact) mass is 322 g/mol. The van der Waals surface area contributed by atoms with Gasteiger partial charge in [-0.25, -0.2) is 14.8 Å². The fourth-order valence-corrected chi connectivity index (χ4v) is 2.46. The minimum atomic E-state index is -0.319. The number of hydrogen-bond donors (Lipinski definition) is 2. The molecule has 22 heavy (non-hydrogen) atoms. The number of thiazole rings is 1. The molecular formula is C15H22N4O2S. The highest BCUT2D eigenvalue weighted by molar-refractivity contribution is 7.15. The minimum absolute atomic E-state index is 0.0956. The van der Waals surface area contributed by atoms with Gasteiger partial charge in [0.2, 0.25) is 5.89 Å². The Hall–Kier alpha value is -1.89. The molecule has 7 heteroatoms. The number of rotatable bonds is 4. The van der Waals surface area contributed by atoms with Crippen LogP contribution in [0.3, 0.4) is 0 Å². The van der Waals surface area contributed by atoms with Gasteiger partial charge < -0.3 is 9.73 Å². The predicted molar refractivity (Wildman–Crippen MR) is 87.3 cm³/mol. The van der Waals surface area contributed by atoms with E-state index < -0.39 is 0 Å². The van der Waals surface area contributed by atoms with Crippen LogP contribution in [0.2, 0.25) is 0 Å². The second kappa shape index (κ2) is 6.48. The molecule has 0 saturated carbocycles.